The number of nitrogens with zero attached hydrogens (tertiary/aromatic N) is 2. The molecule has 2 aromatic rings. The van der Waals surface area contributed by atoms with Crippen LogP contribution in [0.5, 0.6) is 0 Å². The monoisotopic (exact) mass is 203 g/mol. The van der Waals surface area contributed by atoms with Crippen LogP contribution < -0.4 is 5.73 Å². The summed E-state index contributed by atoms with van der Waals surface area (Å²) in [7, 11) is 0. The molecule has 0 amide bonds. The van der Waals surface area contributed by atoms with Gasteiger partial charge in [-0.1, -0.05) is 6.07 Å². The van der Waals surface area contributed by atoms with Crippen molar-refractivity contribution in [1.82, 2.24) is 9.55 Å². The molecule has 2 heterocycles. The van der Waals surface area contributed by atoms with Crippen LogP contribution in [0.1, 0.15) is 6.42 Å². The summed E-state index contributed by atoms with van der Waals surface area (Å²) in [6.07, 6.45) is 8.67. The summed E-state index contributed by atoms with van der Waals surface area (Å²) in [6, 6.07) is 9.76. The van der Waals surface area contributed by atoms with Crippen molar-refractivity contribution >= 4 is 0 Å². The SMILES string of the molecule is NCCCn1cccc1.c1ccncc1. The highest BCUT2D eigenvalue weighted by Gasteiger charge is 1.84. The first-order chi connectivity index (χ1) is 7.43. The summed E-state index contributed by atoms with van der Waals surface area (Å²) in [6.45, 7) is 1.82. The van der Waals surface area contributed by atoms with E-state index in [1.807, 2.05) is 30.3 Å². The first kappa shape index (κ1) is 11.5. The molecular formula is C12H17N3. The van der Waals surface area contributed by atoms with E-state index in [4.69, 9.17) is 5.73 Å². The van der Waals surface area contributed by atoms with Gasteiger partial charge in [0.1, 0.15) is 0 Å². The predicted octanol–water partition coefficient (Wildman–Crippen LogP) is 1.92. The second-order valence-corrected chi connectivity index (χ2v) is 3.09. The molecule has 0 bridgehead atoms. The van der Waals surface area contributed by atoms with E-state index < -0.39 is 0 Å². The van der Waals surface area contributed by atoms with Crippen LogP contribution in [-0.2, 0) is 6.54 Å². The number of nitrogens with two attached hydrogens (primary N) is 1. The number of pyridine rings is 1. The lowest BCUT2D eigenvalue weighted by Crippen LogP contribution is -2.03. The highest BCUT2D eigenvalue weighted by atomic mass is 14.9. The number of hydrogen-bond acceptors (Lipinski definition) is 2. The van der Waals surface area contributed by atoms with Gasteiger partial charge in [0, 0.05) is 31.3 Å². The summed E-state index contributed by atoms with van der Waals surface area (Å²) in [4.78, 5) is 3.78. The van der Waals surface area contributed by atoms with Gasteiger partial charge in [0.15, 0.2) is 0 Å². The lowest BCUT2D eigenvalue weighted by atomic mass is 10.4. The molecule has 0 aromatic carbocycles. The lowest BCUT2D eigenvalue weighted by Gasteiger charge is -1.97. The second-order valence-electron chi connectivity index (χ2n) is 3.09. The zero-order valence-corrected chi connectivity index (χ0v) is 8.79. The zero-order valence-electron chi connectivity index (χ0n) is 8.79. The Hall–Kier alpha value is -1.61. The van der Waals surface area contributed by atoms with Gasteiger partial charge in [0.25, 0.3) is 0 Å². The van der Waals surface area contributed by atoms with Gasteiger partial charge in [-0.2, -0.15) is 0 Å². The minimum Gasteiger partial charge on any atom is -0.354 e. The molecular weight excluding hydrogens is 186 g/mol. The summed E-state index contributed by atoms with van der Waals surface area (Å²) in [5, 5.41) is 0. The molecule has 0 unspecified atom stereocenters. The van der Waals surface area contributed by atoms with Crippen LogP contribution in [0.15, 0.2) is 55.1 Å². The molecule has 0 atom stereocenters. The molecule has 80 valence electrons. The van der Waals surface area contributed by atoms with Gasteiger partial charge >= 0.3 is 0 Å². The molecule has 0 fully saturated rings. The first-order valence-corrected chi connectivity index (χ1v) is 5.09. The van der Waals surface area contributed by atoms with Crippen LogP contribution >= 0.6 is 0 Å². The fraction of sp³-hybridized carbons (Fsp3) is 0.250. The van der Waals surface area contributed by atoms with E-state index in [1.165, 1.54) is 0 Å². The third kappa shape index (κ3) is 5.65. The molecule has 2 rings (SSSR count). The lowest BCUT2D eigenvalue weighted by molar-refractivity contribution is 0.654. The summed E-state index contributed by atoms with van der Waals surface area (Å²) < 4.78 is 2.13. The maximum Gasteiger partial charge on any atom is 0.0267 e. The smallest absolute Gasteiger partial charge is 0.0267 e. The van der Waals surface area contributed by atoms with Gasteiger partial charge in [0.05, 0.1) is 0 Å². The van der Waals surface area contributed by atoms with Crippen molar-refractivity contribution in [3.05, 3.63) is 55.1 Å². The fourth-order valence-electron chi connectivity index (χ4n) is 1.11. The molecule has 0 radical (unpaired) electrons. The molecule has 3 heteroatoms. The van der Waals surface area contributed by atoms with E-state index >= 15 is 0 Å². The summed E-state index contributed by atoms with van der Waals surface area (Å²) in [5.74, 6) is 0. The molecule has 2 N–H and O–H groups in total. The minimum atomic E-state index is 0.776. The summed E-state index contributed by atoms with van der Waals surface area (Å²) >= 11 is 0. The van der Waals surface area contributed by atoms with Crippen LogP contribution in [0.4, 0.5) is 0 Å². The Morgan fingerprint density at radius 3 is 2.00 bits per heavy atom. The molecule has 15 heavy (non-hydrogen) atoms. The Labute approximate surface area is 90.6 Å². The van der Waals surface area contributed by atoms with E-state index in [-0.39, 0.29) is 0 Å². The number of aromatic nitrogens is 2. The van der Waals surface area contributed by atoms with E-state index in [2.05, 4.69) is 21.9 Å². The average molecular weight is 203 g/mol. The minimum absolute atomic E-state index is 0.776. The van der Waals surface area contributed by atoms with Crippen molar-refractivity contribution in [2.75, 3.05) is 6.54 Å². The molecule has 0 aliphatic rings. The molecule has 0 saturated carbocycles. The largest absolute Gasteiger partial charge is 0.354 e. The van der Waals surface area contributed by atoms with Crippen molar-refractivity contribution in [2.45, 2.75) is 13.0 Å². The van der Waals surface area contributed by atoms with Crippen LogP contribution in [-0.4, -0.2) is 16.1 Å². The Morgan fingerprint density at radius 1 is 0.933 bits per heavy atom. The maximum atomic E-state index is 5.33. The summed E-state index contributed by atoms with van der Waals surface area (Å²) in [5.41, 5.74) is 5.33. The van der Waals surface area contributed by atoms with Crippen molar-refractivity contribution in [3.8, 4) is 0 Å². The van der Waals surface area contributed by atoms with Crippen LogP contribution in [0, 0.1) is 0 Å². The van der Waals surface area contributed by atoms with E-state index in [0.717, 1.165) is 19.5 Å². The van der Waals surface area contributed by atoms with Gasteiger partial charge in [-0.05, 0) is 37.2 Å². The number of hydrogen-bond donors (Lipinski definition) is 1. The predicted molar refractivity (Wildman–Crippen MR) is 62.3 cm³/mol. The third-order valence-electron chi connectivity index (χ3n) is 1.85. The molecule has 0 aliphatic carbocycles. The third-order valence-corrected chi connectivity index (χ3v) is 1.85. The molecule has 0 saturated heterocycles. The Balaban J connectivity index is 0.000000162. The Morgan fingerprint density at radius 2 is 1.60 bits per heavy atom. The quantitative estimate of drug-likeness (QED) is 0.828. The van der Waals surface area contributed by atoms with Gasteiger partial charge < -0.3 is 10.3 Å². The molecule has 3 nitrogen and oxygen atoms in total. The standard InChI is InChI=1S/C7H12N2.C5H5N/c8-4-3-7-9-5-1-2-6-9;1-2-4-6-5-3-1/h1-2,5-6H,3-4,7-8H2;1-5H. The van der Waals surface area contributed by atoms with Crippen LogP contribution in [0.2, 0.25) is 0 Å². The topological polar surface area (TPSA) is 43.8 Å². The normalized spacial score (nSPS) is 9.13. The molecule has 0 aliphatic heterocycles. The van der Waals surface area contributed by atoms with Crippen LogP contribution in [0.25, 0.3) is 0 Å². The second kappa shape index (κ2) is 7.76. The number of aryl methyl sites for hydroxylation is 1. The number of rotatable bonds is 3. The van der Waals surface area contributed by atoms with Crippen molar-refractivity contribution < 1.29 is 0 Å². The van der Waals surface area contributed by atoms with Gasteiger partial charge in [0.2, 0.25) is 0 Å². The van der Waals surface area contributed by atoms with E-state index in [0.29, 0.717) is 0 Å². The van der Waals surface area contributed by atoms with Crippen LogP contribution in [0.3, 0.4) is 0 Å². The Bertz CT molecular complexity index is 289. The van der Waals surface area contributed by atoms with E-state index in [9.17, 15) is 0 Å². The zero-order chi connectivity index (χ0) is 10.8. The first-order valence-electron chi connectivity index (χ1n) is 5.09. The molecule has 0 spiro atoms. The fourth-order valence-corrected chi connectivity index (χ4v) is 1.11. The van der Waals surface area contributed by atoms with Gasteiger partial charge in [-0.3, -0.25) is 4.98 Å². The van der Waals surface area contributed by atoms with Gasteiger partial charge in [-0.25, -0.2) is 0 Å². The average Bonchev–Trinajstić information content (AvgIpc) is 2.82. The molecule has 2 aromatic heterocycles. The Kier molecular flexibility index (Phi) is 5.93. The van der Waals surface area contributed by atoms with Crippen molar-refractivity contribution in [3.63, 3.8) is 0 Å². The van der Waals surface area contributed by atoms with Crippen molar-refractivity contribution in [2.24, 2.45) is 5.73 Å². The van der Waals surface area contributed by atoms with E-state index in [1.54, 1.807) is 12.4 Å². The highest BCUT2D eigenvalue weighted by molar-refractivity contribution is 4.90. The maximum absolute atomic E-state index is 5.33. The van der Waals surface area contributed by atoms with Crippen molar-refractivity contribution in [1.29, 1.82) is 0 Å². The van der Waals surface area contributed by atoms with Gasteiger partial charge in [-0.15, -0.1) is 0 Å². The highest BCUT2D eigenvalue weighted by Crippen LogP contribution is 1.90.